The van der Waals surface area contributed by atoms with Crippen molar-refractivity contribution in [1.29, 1.82) is 0 Å². The molecule has 0 saturated carbocycles. The van der Waals surface area contributed by atoms with Gasteiger partial charge in [-0.1, -0.05) is 12.0 Å². The molecule has 0 aliphatic heterocycles. The van der Waals surface area contributed by atoms with Crippen molar-refractivity contribution in [3.63, 3.8) is 0 Å². The lowest BCUT2D eigenvalue weighted by Crippen LogP contribution is -2.04. The Morgan fingerprint density at radius 3 is 2.34 bits per heavy atom. The number of nitrogens with one attached hydrogen (secondary N) is 2. The van der Waals surface area contributed by atoms with Crippen molar-refractivity contribution in [1.82, 2.24) is 25.4 Å². The van der Waals surface area contributed by atoms with Gasteiger partial charge in [-0.15, -0.1) is 0 Å². The predicted octanol–water partition coefficient (Wildman–Crippen LogP) is 5.48. The van der Waals surface area contributed by atoms with Crippen molar-refractivity contribution in [3.8, 4) is 34.6 Å². The van der Waals surface area contributed by atoms with E-state index in [-0.39, 0.29) is 17.1 Å². The Bertz CT molecular complexity index is 1330. The number of rotatable bonds is 5. The lowest BCUT2D eigenvalue weighted by atomic mass is 10.1. The Labute approximate surface area is 179 Å². The summed E-state index contributed by atoms with van der Waals surface area (Å²) in [7, 11) is 0. The summed E-state index contributed by atoms with van der Waals surface area (Å²) in [5.74, 6) is 6.60. The van der Waals surface area contributed by atoms with Crippen LogP contribution in [0.25, 0.3) is 34.9 Å². The quantitative estimate of drug-likeness (QED) is 0.317. The number of H-pyrrole nitrogens is 2. The zero-order chi connectivity index (χ0) is 22.7. The molecule has 0 unspecified atom stereocenters. The highest BCUT2D eigenvalue weighted by Crippen LogP contribution is 2.31. The summed E-state index contributed by atoms with van der Waals surface area (Å²) < 4.78 is 57.4. The van der Waals surface area contributed by atoms with Gasteiger partial charge in [0.05, 0.1) is 28.5 Å². The summed E-state index contributed by atoms with van der Waals surface area (Å²) in [4.78, 5) is 4.39. The molecule has 0 amide bonds. The number of pyridine rings is 1. The molecule has 0 aromatic carbocycles. The van der Waals surface area contributed by atoms with Crippen LogP contribution in [0.2, 0.25) is 0 Å². The maximum Gasteiger partial charge on any atom is 0.435 e. The molecule has 0 radical (unpaired) electrons. The predicted molar refractivity (Wildman–Crippen MR) is 109 cm³/mol. The number of nitrogens with zero attached hydrogens (tertiary/aromatic N) is 3. The second-order valence-corrected chi connectivity index (χ2v) is 6.65. The van der Waals surface area contributed by atoms with Crippen LogP contribution >= 0.6 is 0 Å². The van der Waals surface area contributed by atoms with E-state index in [1.165, 1.54) is 6.07 Å². The summed E-state index contributed by atoms with van der Waals surface area (Å²) in [6.07, 6.45) is -1.19. The first kappa shape index (κ1) is 21.1. The van der Waals surface area contributed by atoms with Gasteiger partial charge in [-0.2, -0.15) is 23.4 Å². The van der Waals surface area contributed by atoms with E-state index in [0.717, 1.165) is 6.07 Å². The Morgan fingerprint density at radius 2 is 1.72 bits per heavy atom. The topological polar surface area (TPSA) is 83.4 Å². The van der Waals surface area contributed by atoms with Crippen molar-refractivity contribution in [2.24, 2.45) is 0 Å². The monoisotopic (exact) mass is 441 g/mol. The number of halogens is 4. The zero-order valence-electron chi connectivity index (χ0n) is 16.6. The van der Waals surface area contributed by atoms with Gasteiger partial charge in [-0.05, 0) is 60.9 Å². The second-order valence-electron chi connectivity index (χ2n) is 6.65. The minimum atomic E-state index is -4.59. The zero-order valence-corrected chi connectivity index (χ0v) is 16.6. The third-order valence-electron chi connectivity index (χ3n) is 4.35. The van der Waals surface area contributed by atoms with Crippen molar-refractivity contribution in [2.45, 2.75) is 19.8 Å². The van der Waals surface area contributed by atoms with Crippen LogP contribution in [0.3, 0.4) is 0 Å². The molecule has 4 aromatic rings. The minimum Gasteiger partial charge on any atom is -0.448 e. The van der Waals surface area contributed by atoms with Crippen LogP contribution in [0, 0.1) is 11.8 Å². The molecule has 0 aliphatic carbocycles. The molecule has 0 atom stereocenters. The molecular formula is C22H15F4N5O. The Morgan fingerprint density at radius 1 is 1.00 bits per heavy atom. The molecular weight excluding hydrogens is 426 g/mol. The standard InChI is InChI=1S/C22H15F4N5O/c1-2-3-15-6-7-16(32-15)5-4-13-8-17(19-10-14(12-23)28-29-19)27-18(9-13)20-11-21(31-30-20)22(24,25)26/h4-11H,12H2,1H3,(H,28,29)(H,30,31)/b5-4+. The SMILES string of the molecule is CC#Cc1ccc(/C=C/c2cc(-c3cc(CF)n[nH]3)nc(-c3cc(C(F)(F)F)n[nH]3)c2)o1. The van der Waals surface area contributed by atoms with Gasteiger partial charge in [0.25, 0.3) is 0 Å². The van der Waals surface area contributed by atoms with Gasteiger partial charge in [0.2, 0.25) is 0 Å². The summed E-state index contributed by atoms with van der Waals surface area (Å²) in [6, 6.07) is 9.11. The highest BCUT2D eigenvalue weighted by Gasteiger charge is 2.34. The van der Waals surface area contributed by atoms with E-state index in [0.29, 0.717) is 28.5 Å². The molecule has 6 nitrogen and oxygen atoms in total. The summed E-state index contributed by atoms with van der Waals surface area (Å²) in [5.41, 5.74) is 0.835. The molecule has 4 rings (SSSR count). The summed E-state index contributed by atoms with van der Waals surface area (Å²) >= 11 is 0. The van der Waals surface area contributed by atoms with Gasteiger partial charge in [0.15, 0.2) is 11.5 Å². The fraction of sp³-hybridized carbons (Fsp3) is 0.136. The molecule has 4 heterocycles. The fourth-order valence-corrected chi connectivity index (χ4v) is 2.90. The van der Waals surface area contributed by atoms with Crippen LogP contribution in [0.5, 0.6) is 0 Å². The number of aromatic amines is 2. The number of alkyl halides is 4. The van der Waals surface area contributed by atoms with Gasteiger partial charge in [-0.25, -0.2) is 9.37 Å². The van der Waals surface area contributed by atoms with E-state index in [2.05, 4.69) is 37.2 Å². The molecule has 10 heteroatoms. The van der Waals surface area contributed by atoms with Gasteiger partial charge in [0.1, 0.15) is 12.4 Å². The highest BCUT2D eigenvalue weighted by molar-refractivity contribution is 5.74. The van der Waals surface area contributed by atoms with Crippen LogP contribution in [0.4, 0.5) is 17.6 Å². The maximum absolute atomic E-state index is 13.0. The van der Waals surface area contributed by atoms with Crippen LogP contribution in [-0.4, -0.2) is 25.4 Å². The van der Waals surface area contributed by atoms with E-state index in [1.807, 2.05) is 0 Å². The highest BCUT2D eigenvalue weighted by atomic mass is 19.4. The minimum absolute atomic E-state index is 0.0811. The largest absolute Gasteiger partial charge is 0.448 e. The molecule has 4 aromatic heterocycles. The molecule has 0 spiro atoms. The van der Waals surface area contributed by atoms with Crippen molar-refractivity contribution < 1.29 is 22.0 Å². The smallest absolute Gasteiger partial charge is 0.435 e. The summed E-state index contributed by atoms with van der Waals surface area (Å²) in [6.45, 7) is 0.932. The average Bonchev–Trinajstić information content (AvgIpc) is 3.52. The van der Waals surface area contributed by atoms with Crippen LogP contribution in [0.1, 0.15) is 35.4 Å². The first-order chi connectivity index (χ1) is 15.4. The second kappa shape index (κ2) is 8.55. The Balaban J connectivity index is 1.75. The van der Waals surface area contributed by atoms with Crippen LogP contribution in [0.15, 0.2) is 40.8 Å². The lowest BCUT2D eigenvalue weighted by molar-refractivity contribution is -0.141. The number of furan rings is 1. The summed E-state index contributed by atoms with van der Waals surface area (Å²) in [5, 5.41) is 12.2. The third-order valence-corrected chi connectivity index (χ3v) is 4.35. The van der Waals surface area contributed by atoms with E-state index >= 15 is 0 Å². The molecule has 162 valence electrons. The maximum atomic E-state index is 13.0. The first-order valence-electron chi connectivity index (χ1n) is 9.32. The van der Waals surface area contributed by atoms with Crippen LogP contribution in [-0.2, 0) is 12.9 Å². The molecule has 0 aliphatic rings. The van der Waals surface area contributed by atoms with E-state index in [4.69, 9.17) is 4.42 Å². The number of hydrogen-bond donors (Lipinski definition) is 2. The number of aromatic nitrogens is 5. The lowest BCUT2D eigenvalue weighted by Gasteiger charge is -2.04. The third kappa shape index (κ3) is 4.62. The number of hydrogen-bond acceptors (Lipinski definition) is 4. The molecule has 32 heavy (non-hydrogen) atoms. The normalized spacial score (nSPS) is 11.7. The molecule has 0 saturated heterocycles. The Hall–Kier alpha value is -4.13. The van der Waals surface area contributed by atoms with E-state index < -0.39 is 18.5 Å². The van der Waals surface area contributed by atoms with Gasteiger partial charge >= 0.3 is 6.18 Å². The van der Waals surface area contributed by atoms with Crippen molar-refractivity contribution in [3.05, 3.63) is 64.9 Å². The fourth-order valence-electron chi connectivity index (χ4n) is 2.90. The van der Waals surface area contributed by atoms with Crippen molar-refractivity contribution in [2.75, 3.05) is 0 Å². The van der Waals surface area contributed by atoms with E-state index in [9.17, 15) is 17.6 Å². The van der Waals surface area contributed by atoms with Gasteiger partial charge in [0, 0.05) is 0 Å². The molecule has 2 N–H and O–H groups in total. The van der Waals surface area contributed by atoms with Crippen LogP contribution < -0.4 is 0 Å². The average molecular weight is 441 g/mol. The van der Waals surface area contributed by atoms with Crippen molar-refractivity contribution >= 4 is 12.2 Å². The van der Waals surface area contributed by atoms with Gasteiger partial charge < -0.3 is 4.42 Å². The van der Waals surface area contributed by atoms with Gasteiger partial charge in [-0.3, -0.25) is 10.2 Å². The van der Waals surface area contributed by atoms with E-state index in [1.54, 1.807) is 43.3 Å². The molecule has 0 bridgehead atoms. The Kier molecular flexibility index (Phi) is 5.64. The molecule has 0 fully saturated rings. The first-order valence-corrected chi connectivity index (χ1v) is 9.32.